The van der Waals surface area contributed by atoms with Gasteiger partial charge in [-0.15, -0.1) is 0 Å². The number of aromatic nitrogens is 2. The number of hydrogen-bond acceptors (Lipinski definition) is 5. The summed E-state index contributed by atoms with van der Waals surface area (Å²) < 4.78 is 0. The molecule has 3 N–H and O–H groups in total. The van der Waals surface area contributed by atoms with Crippen molar-refractivity contribution in [3.8, 4) is 0 Å². The summed E-state index contributed by atoms with van der Waals surface area (Å²) in [4.78, 5) is 11.2. The summed E-state index contributed by atoms with van der Waals surface area (Å²) in [7, 11) is 0. The molecule has 18 heavy (non-hydrogen) atoms. The third-order valence-corrected chi connectivity index (χ3v) is 3.88. The van der Waals surface area contributed by atoms with E-state index in [4.69, 9.17) is 5.73 Å². The summed E-state index contributed by atoms with van der Waals surface area (Å²) in [5.74, 6) is 1.76. The Kier molecular flexibility index (Phi) is 3.32. The molecule has 1 aromatic heterocycles. The van der Waals surface area contributed by atoms with E-state index in [1.807, 2.05) is 12.3 Å². The number of hydrogen-bond donors (Lipinski definition) is 2. The molecule has 0 radical (unpaired) electrons. The van der Waals surface area contributed by atoms with Gasteiger partial charge in [0.25, 0.3) is 0 Å². The molecule has 1 atom stereocenters. The zero-order valence-corrected chi connectivity index (χ0v) is 10.7. The van der Waals surface area contributed by atoms with Gasteiger partial charge in [0.1, 0.15) is 5.82 Å². The molecular formula is C13H21N5. The molecule has 3 rings (SSSR count). The van der Waals surface area contributed by atoms with Gasteiger partial charge < -0.3 is 16.0 Å². The third kappa shape index (κ3) is 2.56. The Labute approximate surface area is 108 Å². The Morgan fingerprint density at radius 3 is 2.83 bits per heavy atom. The van der Waals surface area contributed by atoms with Crippen LogP contribution in [0.3, 0.4) is 0 Å². The van der Waals surface area contributed by atoms with Gasteiger partial charge in [-0.25, -0.2) is 4.98 Å². The Morgan fingerprint density at radius 1 is 1.28 bits per heavy atom. The van der Waals surface area contributed by atoms with E-state index >= 15 is 0 Å². The van der Waals surface area contributed by atoms with Crippen LogP contribution in [0.5, 0.6) is 0 Å². The topological polar surface area (TPSA) is 67.1 Å². The minimum absolute atomic E-state index is 0.284. The molecule has 0 aromatic carbocycles. The first-order valence-corrected chi connectivity index (χ1v) is 6.91. The smallest absolute Gasteiger partial charge is 0.224 e. The fourth-order valence-electron chi connectivity index (χ4n) is 2.84. The molecule has 2 heterocycles. The molecule has 2 aliphatic rings. The van der Waals surface area contributed by atoms with Crippen molar-refractivity contribution in [2.24, 2.45) is 5.73 Å². The fourth-order valence-corrected chi connectivity index (χ4v) is 2.84. The van der Waals surface area contributed by atoms with Gasteiger partial charge in [0.15, 0.2) is 0 Å². The van der Waals surface area contributed by atoms with Crippen LogP contribution < -0.4 is 16.0 Å². The molecule has 0 bridgehead atoms. The number of rotatable bonds is 3. The van der Waals surface area contributed by atoms with Gasteiger partial charge in [-0.05, 0) is 25.3 Å². The summed E-state index contributed by atoms with van der Waals surface area (Å²) in [5, 5.41) is 3.44. The van der Waals surface area contributed by atoms with Crippen molar-refractivity contribution in [2.45, 2.75) is 44.2 Å². The summed E-state index contributed by atoms with van der Waals surface area (Å²) >= 11 is 0. The van der Waals surface area contributed by atoms with Crippen LogP contribution in [0.4, 0.5) is 11.8 Å². The second-order valence-corrected chi connectivity index (χ2v) is 5.36. The van der Waals surface area contributed by atoms with Gasteiger partial charge in [-0.2, -0.15) is 4.98 Å². The molecule has 1 unspecified atom stereocenters. The van der Waals surface area contributed by atoms with Gasteiger partial charge >= 0.3 is 0 Å². The lowest BCUT2D eigenvalue weighted by molar-refractivity contribution is 0.741. The van der Waals surface area contributed by atoms with E-state index in [2.05, 4.69) is 20.2 Å². The van der Waals surface area contributed by atoms with Crippen LogP contribution in [-0.4, -0.2) is 35.1 Å². The highest BCUT2D eigenvalue weighted by Gasteiger charge is 2.21. The number of nitrogens with zero attached hydrogens (tertiary/aromatic N) is 3. The lowest BCUT2D eigenvalue weighted by Gasteiger charge is -2.18. The van der Waals surface area contributed by atoms with Crippen LogP contribution in [0, 0.1) is 0 Å². The number of anilines is 2. The molecule has 1 saturated carbocycles. The van der Waals surface area contributed by atoms with Crippen LogP contribution in [0.25, 0.3) is 0 Å². The largest absolute Gasteiger partial charge is 0.355 e. The quantitative estimate of drug-likeness (QED) is 0.844. The Bertz CT molecular complexity index is 402. The number of nitrogens with one attached hydrogen (secondary N) is 1. The predicted molar refractivity (Wildman–Crippen MR) is 72.7 cm³/mol. The maximum absolute atomic E-state index is 5.93. The van der Waals surface area contributed by atoms with Crippen molar-refractivity contribution in [1.29, 1.82) is 0 Å². The maximum Gasteiger partial charge on any atom is 0.224 e. The van der Waals surface area contributed by atoms with Crippen molar-refractivity contribution < 1.29 is 0 Å². The fraction of sp³-hybridized carbons (Fsp3) is 0.692. The summed E-state index contributed by atoms with van der Waals surface area (Å²) in [6, 6.07) is 2.81. The minimum Gasteiger partial charge on any atom is -0.355 e. The van der Waals surface area contributed by atoms with E-state index in [0.717, 1.165) is 31.3 Å². The molecule has 5 heteroatoms. The van der Waals surface area contributed by atoms with E-state index in [-0.39, 0.29) is 6.04 Å². The standard InChI is InChI=1S/C13H21N5/c14-10-6-8-18(9-10)12-5-7-15-13(17-12)16-11-3-1-2-4-11/h5,7,10-11H,1-4,6,8-9,14H2,(H,15,16,17). The summed E-state index contributed by atoms with van der Waals surface area (Å²) in [6.07, 6.45) is 8.00. The normalized spacial score (nSPS) is 24.7. The highest BCUT2D eigenvalue weighted by atomic mass is 15.2. The predicted octanol–water partition coefficient (Wildman–Crippen LogP) is 1.37. The molecule has 1 aliphatic carbocycles. The van der Waals surface area contributed by atoms with Gasteiger partial charge in [0, 0.05) is 31.4 Å². The zero-order chi connectivity index (χ0) is 12.4. The molecule has 0 amide bonds. The van der Waals surface area contributed by atoms with Crippen LogP contribution in [0.2, 0.25) is 0 Å². The highest BCUT2D eigenvalue weighted by Crippen LogP contribution is 2.22. The molecule has 1 aromatic rings. The van der Waals surface area contributed by atoms with Gasteiger partial charge in [-0.3, -0.25) is 0 Å². The summed E-state index contributed by atoms with van der Waals surface area (Å²) in [5.41, 5.74) is 5.93. The lowest BCUT2D eigenvalue weighted by Crippen LogP contribution is -2.27. The molecule has 98 valence electrons. The number of nitrogens with two attached hydrogens (primary N) is 1. The SMILES string of the molecule is NC1CCN(c2ccnc(NC3CCCC3)n2)C1. The first kappa shape index (κ1) is 11.7. The van der Waals surface area contributed by atoms with Crippen molar-refractivity contribution in [3.63, 3.8) is 0 Å². The van der Waals surface area contributed by atoms with Crippen LogP contribution in [0.1, 0.15) is 32.1 Å². The zero-order valence-electron chi connectivity index (χ0n) is 10.7. The van der Waals surface area contributed by atoms with Crippen LogP contribution >= 0.6 is 0 Å². The van der Waals surface area contributed by atoms with Crippen molar-refractivity contribution in [3.05, 3.63) is 12.3 Å². The molecule has 0 spiro atoms. The van der Waals surface area contributed by atoms with Crippen LogP contribution in [0.15, 0.2) is 12.3 Å². The second kappa shape index (κ2) is 5.10. The van der Waals surface area contributed by atoms with Crippen LogP contribution in [-0.2, 0) is 0 Å². The van der Waals surface area contributed by atoms with Gasteiger partial charge in [0.2, 0.25) is 5.95 Å². The molecular weight excluding hydrogens is 226 g/mol. The van der Waals surface area contributed by atoms with E-state index in [1.54, 1.807) is 0 Å². The maximum atomic E-state index is 5.93. The van der Waals surface area contributed by atoms with E-state index in [0.29, 0.717) is 6.04 Å². The Hall–Kier alpha value is -1.36. The van der Waals surface area contributed by atoms with E-state index in [1.165, 1.54) is 25.7 Å². The molecule has 1 saturated heterocycles. The minimum atomic E-state index is 0.284. The van der Waals surface area contributed by atoms with E-state index < -0.39 is 0 Å². The van der Waals surface area contributed by atoms with Gasteiger partial charge in [0.05, 0.1) is 0 Å². The summed E-state index contributed by atoms with van der Waals surface area (Å²) in [6.45, 7) is 1.90. The van der Waals surface area contributed by atoms with Crippen molar-refractivity contribution in [1.82, 2.24) is 9.97 Å². The molecule has 2 fully saturated rings. The molecule has 5 nitrogen and oxygen atoms in total. The first-order chi connectivity index (χ1) is 8.81. The second-order valence-electron chi connectivity index (χ2n) is 5.36. The molecule has 1 aliphatic heterocycles. The third-order valence-electron chi connectivity index (χ3n) is 3.88. The monoisotopic (exact) mass is 247 g/mol. The van der Waals surface area contributed by atoms with Crippen molar-refractivity contribution in [2.75, 3.05) is 23.3 Å². The first-order valence-electron chi connectivity index (χ1n) is 6.91. The Balaban J connectivity index is 1.68. The van der Waals surface area contributed by atoms with Gasteiger partial charge in [-0.1, -0.05) is 12.8 Å². The average Bonchev–Trinajstić information content (AvgIpc) is 3.01. The van der Waals surface area contributed by atoms with E-state index in [9.17, 15) is 0 Å². The Morgan fingerprint density at radius 2 is 2.11 bits per heavy atom. The van der Waals surface area contributed by atoms with Crippen molar-refractivity contribution >= 4 is 11.8 Å². The lowest BCUT2D eigenvalue weighted by atomic mass is 10.2. The average molecular weight is 247 g/mol. The highest BCUT2D eigenvalue weighted by molar-refractivity contribution is 5.44.